The van der Waals surface area contributed by atoms with Crippen molar-refractivity contribution in [1.29, 1.82) is 0 Å². The van der Waals surface area contributed by atoms with E-state index in [9.17, 15) is 14.0 Å². The monoisotopic (exact) mass is 527 g/mol. The first-order valence-electron chi connectivity index (χ1n) is 13.4. The summed E-state index contributed by atoms with van der Waals surface area (Å²) in [6, 6.07) is 28.7. The van der Waals surface area contributed by atoms with Gasteiger partial charge in [0.15, 0.2) is 0 Å². The van der Waals surface area contributed by atoms with Gasteiger partial charge in [-0.05, 0) is 66.6 Å². The molecule has 5 nitrogen and oxygen atoms in total. The van der Waals surface area contributed by atoms with Crippen LogP contribution in [0.5, 0.6) is 5.75 Å². The van der Waals surface area contributed by atoms with E-state index in [2.05, 4.69) is 24.3 Å². The second-order valence-corrected chi connectivity index (χ2v) is 9.36. The fourth-order valence-corrected chi connectivity index (χ4v) is 4.68. The summed E-state index contributed by atoms with van der Waals surface area (Å²) in [5.74, 6) is -0.000374. The number of aromatic nitrogens is 1. The number of esters is 1. The topological polar surface area (TPSA) is 57.5 Å². The normalized spacial score (nSPS) is 10.9. The lowest BCUT2D eigenvalue weighted by atomic mass is 9.86. The number of hydrogen-bond donors (Lipinski definition) is 0. The molecule has 1 heterocycles. The molecule has 0 unspecified atom stereocenters. The molecule has 0 saturated carbocycles. The highest BCUT2D eigenvalue weighted by molar-refractivity contribution is 5.69. The number of aryl methyl sites for hydroxylation is 2. The van der Waals surface area contributed by atoms with Crippen molar-refractivity contribution in [3.63, 3.8) is 0 Å². The Kier molecular flexibility index (Phi) is 10.1. The van der Waals surface area contributed by atoms with Crippen molar-refractivity contribution < 1.29 is 18.7 Å². The van der Waals surface area contributed by atoms with Crippen molar-refractivity contribution in [3.8, 4) is 5.75 Å². The van der Waals surface area contributed by atoms with Gasteiger partial charge in [-0.3, -0.25) is 9.59 Å². The van der Waals surface area contributed by atoms with Crippen molar-refractivity contribution in [1.82, 2.24) is 4.57 Å². The van der Waals surface area contributed by atoms with E-state index >= 15 is 0 Å². The third-order valence-corrected chi connectivity index (χ3v) is 6.57. The zero-order chi connectivity index (χ0) is 27.5. The molecule has 0 N–H and O–H groups in total. The third kappa shape index (κ3) is 7.90. The van der Waals surface area contributed by atoms with Gasteiger partial charge in [0, 0.05) is 31.1 Å². The summed E-state index contributed by atoms with van der Waals surface area (Å²) in [5.41, 5.74) is 3.77. The molecule has 0 spiro atoms. The van der Waals surface area contributed by atoms with Crippen LogP contribution in [0.25, 0.3) is 0 Å². The summed E-state index contributed by atoms with van der Waals surface area (Å²) in [6.45, 7) is 2.94. The smallest absolute Gasteiger partial charge is 0.305 e. The average Bonchev–Trinajstić information content (AvgIpc) is 2.95. The molecule has 0 radical (unpaired) electrons. The largest absolute Gasteiger partial charge is 0.494 e. The van der Waals surface area contributed by atoms with Gasteiger partial charge in [-0.1, -0.05) is 66.7 Å². The van der Waals surface area contributed by atoms with Crippen LogP contribution >= 0.6 is 0 Å². The van der Waals surface area contributed by atoms with E-state index in [0.29, 0.717) is 50.3 Å². The SMILES string of the molecule is CCOC(=O)CCCOc1ccc(F)c(CCCn2cc(C(c3ccccc3)c3ccccc3)ccc2=O)c1. The molecule has 202 valence electrons. The Hall–Kier alpha value is -4.19. The number of carbonyl (C=O) groups is 1. The van der Waals surface area contributed by atoms with Gasteiger partial charge in [0.05, 0.1) is 13.2 Å². The molecule has 0 amide bonds. The summed E-state index contributed by atoms with van der Waals surface area (Å²) in [5, 5.41) is 0. The molecule has 4 aromatic rings. The van der Waals surface area contributed by atoms with Gasteiger partial charge in [0.1, 0.15) is 11.6 Å². The summed E-state index contributed by atoms with van der Waals surface area (Å²) in [7, 11) is 0. The third-order valence-electron chi connectivity index (χ3n) is 6.57. The lowest BCUT2D eigenvalue weighted by Crippen LogP contribution is -2.20. The second kappa shape index (κ2) is 14.1. The maximum atomic E-state index is 14.5. The fraction of sp³-hybridized carbons (Fsp3) is 0.273. The molecule has 1 aromatic heterocycles. The molecule has 4 rings (SSSR count). The standard InChI is InChI=1S/C33H34FNO4/c1-2-38-32(37)16-10-22-39-29-18-19-30(34)27(23-29)15-9-21-35-24-28(17-20-31(35)36)33(25-11-5-3-6-12-25)26-13-7-4-8-14-26/h3-8,11-14,17-20,23-24,33H,2,9-10,15-16,21-22H2,1H3. The number of hydrogen-bond acceptors (Lipinski definition) is 4. The molecule has 0 atom stereocenters. The van der Waals surface area contributed by atoms with Crippen LogP contribution in [0.2, 0.25) is 0 Å². The Labute approximate surface area is 228 Å². The number of nitrogens with zero attached hydrogens (tertiary/aromatic N) is 1. The average molecular weight is 528 g/mol. The second-order valence-electron chi connectivity index (χ2n) is 9.36. The summed E-state index contributed by atoms with van der Waals surface area (Å²) in [4.78, 5) is 24.2. The van der Waals surface area contributed by atoms with E-state index in [1.165, 1.54) is 6.07 Å². The molecule has 3 aromatic carbocycles. The van der Waals surface area contributed by atoms with Crippen LogP contribution in [0.3, 0.4) is 0 Å². The number of benzene rings is 3. The van der Waals surface area contributed by atoms with Gasteiger partial charge in [0.25, 0.3) is 5.56 Å². The van der Waals surface area contributed by atoms with Crippen LogP contribution in [0.15, 0.2) is 102 Å². The number of rotatable bonds is 13. The lowest BCUT2D eigenvalue weighted by molar-refractivity contribution is -0.143. The number of carbonyl (C=O) groups excluding carboxylic acids is 1. The molecule has 0 bridgehead atoms. The Morgan fingerprint density at radius 3 is 2.23 bits per heavy atom. The van der Waals surface area contributed by atoms with Gasteiger partial charge < -0.3 is 14.0 Å². The first-order chi connectivity index (χ1) is 19.0. The summed E-state index contributed by atoms with van der Waals surface area (Å²) in [6.07, 6.45) is 3.78. The first kappa shape index (κ1) is 27.8. The van der Waals surface area contributed by atoms with E-state index in [-0.39, 0.29) is 29.7 Å². The highest BCUT2D eigenvalue weighted by atomic mass is 19.1. The maximum absolute atomic E-state index is 14.5. The predicted molar refractivity (Wildman–Crippen MR) is 151 cm³/mol. The summed E-state index contributed by atoms with van der Waals surface area (Å²) >= 11 is 0. The van der Waals surface area contributed by atoms with E-state index < -0.39 is 0 Å². The van der Waals surface area contributed by atoms with Crippen LogP contribution in [0, 0.1) is 5.82 Å². The number of ether oxygens (including phenoxy) is 2. The zero-order valence-corrected chi connectivity index (χ0v) is 22.2. The van der Waals surface area contributed by atoms with Crippen LogP contribution < -0.4 is 10.3 Å². The van der Waals surface area contributed by atoms with Crippen LogP contribution in [0.1, 0.15) is 54.4 Å². The molecular formula is C33H34FNO4. The Morgan fingerprint density at radius 1 is 0.872 bits per heavy atom. The number of pyridine rings is 1. The van der Waals surface area contributed by atoms with Crippen LogP contribution in [-0.4, -0.2) is 23.8 Å². The molecular weight excluding hydrogens is 493 g/mol. The van der Waals surface area contributed by atoms with Gasteiger partial charge in [0.2, 0.25) is 0 Å². The molecule has 0 aliphatic heterocycles. The van der Waals surface area contributed by atoms with Crippen molar-refractivity contribution in [2.24, 2.45) is 0 Å². The van der Waals surface area contributed by atoms with Gasteiger partial charge in [-0.15, -0.1) is 0 Å². The fourth-order valence-electron chi connectivity index (χ4n) is 4.68. The molecule has 39 heavy (non-hydrogen) atoms. The van der Waals surface area contributed by atoms with E-state index in [1.807, 2.05) is 48.7 Å². The van der Waals surface area contributed by atoms with Crippen molar-refractivity contribution in [2.45, 2.75) is 45.1 Å². The minimum Gasteiger partial charge on any atom is -0.494 e. The quantitative estimate of drug-likeness (QED) is 0.147. The minimum absolute atomic E-state index is 0.00523. The zero-order valence-electron chi connectivity index (χ0n) is 22.2. The van der Waals surface area contributed by atoms with E-state index in [1.54, 1.807) is 29.7 Å². The maximum Gasteiger partial charge on any atom is 0.305 e. The van der Waals surface area contributed by atoms with Crippen molar-refractivity contribution >= 4 is 5.97 Å². The van der Waals surface area contributed by atoms with Crippen molar-refractivity contribution in [3.05, 3.63) is 136 Å². The molecule has 0 aliphatic carbocycles. The highest BCUT2D eigenvalue weighted by Gasteiger charge is 2.17. The Bertz CT molecular complexity index is 1360. The molecule has 6 heteroatoms. The number of halogens is 1. The summed E-state index contributed by atoms with van der Waals surface area (Å²) < 4.78 is 26.8. The lowest BCUT2D eigenvalue weighted by Gasteiger charge is -2.20. The predicted octanol–water partition coefficient (Wildman–Crippen LogP) is 6.52. The Morgan fingerprint density at radius 2 is 1.56 bits per heavy atom. The van der Waals surface area contributed by atoms with Gasteiger partial charge >= 0.3 is 5.97 Å². The van der Waals surface area contributed by atoms with Crippen LogP contribution in [-0.2, 0) is 22.5 Å². The van der Waals surface area contributed by atoms with E-state index in [4.69, 9.17) is 9.47 Å². The minimum atomic E-state index is -0.303. The van der Waals surface area contributed by atoms with Crippen LogP contribution in [0.4, 0.5) is 4.39 Å². The molecule has 0 fully saturated rings. The van der Waals surface area contributed by atoms with Gasteiger partial charge in [-0.2, -0.15) is 0 Å². The van der Waals surface area contributed by atoms with Crippen molar-refractivity contribution in [2.75, 3.05) is 13.2 Å². The molecule has 0 aliphatic rings. The van der Waals surface area contributed by atoms with E-state index in [0.717, 1.165) is 16.7 Å². The molecule has 0 saturated heterocycles. The Balaban J connectivity index is 1.42. The highest BCUT2D eigenvalue weighted by Crippen LogP contribution is 2.31. The first-order valence-corrected chi connectivity index (χ1v) is 13.4. The van der Waals surface area contributed by atoms with Gasteiger partial charge in [-0.25, -0.2) is 4.39 Å².